The van der Waals surface area contributed by atoms with E-state index in [-0.39, 0.29) is 31.1 Å². The van der Waals surface area contributed by atoms with Crippen LogP contribution in [-0.4, -0.2) is 37.2 Å². The van der Waals surface area contributed by atoms with E-state index in [0.29, 0.717) is 19.3 Å². The van der Waals surface area contributed by atoms with Crippen molar-refractivity contribution >= 4 is 17.9 Å². The van der Waals surface area contributed by atoms with Crippen molar-refractivity contribution in [3.63, 3.8) is 0 Å². The summed E-state index contributed by atoms with van der Waals surface area (Å²) in [7, 11) is 0. The maximum absolute atomic E-state index is 12.8. The molecule has 378 valence electrons. The Morgan fingerprint density at radius 1 is 0.333 bits per heavy atom. The highest BCUT2D eigenvalue weighted by Gasteiger charge is 2.19. The van der Waals surface area contributed by atoms with Crippen LogP contribution >= 0.6 is 0 Å². The van der Waals surface area contributed by atoms with Crippen molar-refractivity contribution in [2.75, 3.05) is 13.2 Å². The normalized spacial score (nSPS) is 12.7. The van der Waals surface area contributed by atoms with E-state index in [0.717, 1.165) is 109 Å². The molecule has 6 nitrogen and oxygen atoms in total. The van der Waals surface area contributed by atoms with E-state index < -0.39 is 6.10 Å². The van der Waals surface area contributed by atoms with Crippen LogP contribution in [0.2, 0.25) is 0 Å². The molecule has 0 saturated carbocycles. The van der Waals surface area contributed by atoms with Crippen molar-refractivity contribution < 1.29 is 28.6 Å². The van der Waals surface area contributed by atoms with Gasteiger partial charge in [-0.3, -0.25) is 14.4 Å². The minimum atomic E-state index is -0.788. The molecule has 0 aromatic rings. The Bertz CT molecular complexity index is 1290. The third-order valence-corrected chi connectivity index (χ3v) is 11.6. The van der Waals surface area contributed by atoms with E-state index in [1.54, 1.807) is 0 Å². The van der Waals surface area contributed by atoms with Gasteiger partial charge in [0.2, 0.25) is 0 Å². The van der Waals surface area contributed by atoms with Crippen molar-refractivity contribution in [2.45, 2.75) is 264 Å². The first-order valence-electron chi connectivity index (χ1n) is 27.6. The third kappa shape index (κ3) is 51.6. The lowest BCUT2D eigenvalue weighted by atomic mass is 10.1. The summed E-state index contributed by atoms with van der Waals surface area (Å²) in [6.07, 6.45) is 69.9. The second kappa shape index (κ2) is 54.2. The average Bonchev–Trinajstić information content (AvgIpc) is 3.31. The van der Waals surface area contributed by atoms with Crippen molar-refractivity contribution in [3.8, 4) is 0 Å². The number of allylic oxidation sites excluding steroid dienone is 14. The second-order valence-electron chi connectivity index (χ2n) is 18.1. The number of carbonyl (C=O) groups excluding carboxylic acids is 3. The van der Waals surface area contributed by atoms with Gasteiger partial charge in [-0.2, -0.15) is 0 Å². The molecule has 1 atom stereocenters. The van der Waals surface area contributed by atoms with E-state index in [1.165, 1.54) is 109 Å². The van der Waals surface area contributed by atoms with Crippen LogP contribution in [0.5, 0.6) is 0 Å². The largest absolute Gasteiger partial charge is 0.462 e. The van der Waals surface area contributed by atoms with Crippen molar-refractivity contribution in [1.29, 1.82) is 0 Å². The third-order valence-electron chi connectivity index (χ3n) is 11.6. The quantitative estimate of drug-likeness (QED) is 0.0199. The number of ether oxygens (including phenoxy) is 3. The fourth-order valence-corrected chi connectivity index (χ4v) is 7.54. The first-order valence-corrected chi connectivity index (χ1v) is 27.6. The van der Waals surface area contributed by atoms with Gasteiger partial charge >= 0.3 is 17.9 Å². The summed E-state index contributed by atoms with van der Waals surface area (Å²) >= 11 is 0. The summed E-state index contributed by atoms with van der Waals surface area (Å²) in [5.74, 6) is -0.909. The van der Waals surface area contributed by atoms with E-state index in [1.807, 2.05) is 0 Å². The van der Waals surface area contributed by atoms with Crippen molar-refractivity contribution in [2.24, 2.45) is 0 Å². The fourth-order valence-electron chi connectivity index (χ4n) is 7.54. The van der Waals surface area contributed by atoms with Crippen LogP contribution in [-0.2, 0) is 28.6 Å². The standard InChI is InChI=1S/C60H102O6/c1-4-7-10-13-16-19-22-25-28-29-30-31-33-35-38-41-44-47-50-53-59(62)65-56-57(55-64-58(61)52-49-46-43-40-37-34-27-24-21-18-15-12-9-6-3)66-60(63)54-51-48-45-42-39-36-32-26-23-20-17-14-11-8-5-2/h7,9-10,12,16-21,23,25-26,28,57H,4-6,8,11,13-15,22,24,27,29-56H2,1-3H3/b10-7-,12-9-,19-16-,20-17-,21-18-,26-23-,28-25-. The van der Waals surface area contributed by atoms with Gasteiger partial charge < -0.3 is 14.2 Å². The molecule has 0 aliphatic heterocycles. The van der Waals surface area contributed by atoms with Gasteiger partial charge in [-0.1, -0.05) is 221 Å². The first kappa shape index (κ1) is 62.6. The molecule has 0 aliphatic rings. The molecule has 0 heterocycles. The van der Waals surface area contributed by atoms with Crippen LogP contribution in [0.15, 0.2) is 85.1 Å². The molecule has 0 aliphatic carbocycles. The Kier molecular flexibility index (Phi) is 51.4. The van der Waals surface area contributed by atoms with Crippen molar-refractivity contribution in [1.82, 2.24) is 0 Å². The highest BCUT2D eigenvalue weighted by molar-refractivity contribution is 5.71. The van der Waals surface area contributed by atoms with Gasteiger partial charge in [-0.25, -0.2) is 0 Å². The lowest BCUT2D eigenvalue weighted by Crippen LogP contribution is -2.30. The topological polar surface area (TPSA) is 78.9 Å². The zero-order chi connectivity index (χ0) is 47.9. The van der Waals surface area contributed by atoms with Gasteiger partial charge in [-0.15, -0.1) is 0 Å². The molecular weight excluding hydrogens is 817 g/mol. The van der Waals surface area contributed by atoms with Gasteiger partial charge in [0.25, 0.3) is 0 Å². The fraction of sp³-hybridized carbons (Fsp3) is 0.717. The molecule has 0 saturated heterocycles. The number of unbranched alkanes of at least 4 members (excludes halogenated alkanes) is 25. The first-order chi connectivity index (χ1) is 32.5. The zero-order valence-corrected chi connectivity index (χ0v) is 43.2. The maximum atomic E-state index is 12.8. The molecule has 0 bridgehead atoms. The molecule has 0 rings (SSSR count). The maximum Gasteiger partial charge on any atom is 0.306 e. The van der Waals surface area contributed by atoms with Crippen LogP contribution < -0.4 is 0 Å². The molecular formula is C60H102O6. The van der Waals surface area contributed by atoms with E-state index in [4.69, 9.17) is 14.2 Å². The van der Waals surface area contributed by atoms with Gasteiger partial charge in [0.05, 0.1) is 0 Å². The summed E-state index contributed by atoms with van der Waals surface area (Å²) < 4.78 is 16.8. The summed E-state index contributed by atoms with van der Waals surface area (Å²) in [5.41, 5.74) is 0. The molecule has 0 aromatic carbocycles. The zero-order valence-electron chi connectivity index (χ0n) is 43.2. The van der Waals surface area contributed by atoms with Gasteiger partial charge in [0.1, 0.15) is 13.2 Å². The number of rotatable bonds is 49. The van der Waals surface area contributed by atoms with Gasteiger partial charge in [0.15, 0.2) is 6.10 Å². The molecule has 0 radical (unpaired) electrons. The molecule has 0 spiro atoms. The monoisotopic (exact) mass is 919 g/mol. The van der Waals surface area contributed by atoms with Crippen LogP contribution in [0.25, 0.3) is 0 Å². The van der Waals surface area contributed by atoms with E-state index >= 15 is 0 Å². The van der Waals surface area contributed by atoms with Crippen LogP contribution in [0.3, 0.4) is 0 Å². The van der Waals surface area contributed by atoms with E-state index in [2.05, 4.69) is 106 Å². The average molecular weight is 919 g/mol. The van der Waals surface area contributed by atoms with Gasteiger partial charge in [0, 0.05) is 19.3 Å². The Labute approximate surface area is 407 Å². The molecule has 6 heteroatoms. The predicted octanol–water partition coefficient (Wildman–Crippen LogP) is 18.4. The summed E-state index contributed by atoms with van der Waals surface area (Å²) in [5, 5.41) is 0. The molecule has 0 N–H and O–H groups in total. The molecule has 0 aromatic heterocycles. The van der Waals surface area contributed by atoms with Crippen LogP contribution in [0.4, 0.5) is 0 Å². The molecule has 0 amide bonds. The highest BCUT2D eigenvalue weighted by Crippen LogP contribution is 2.15. The Hall–Kier alpha value is -3.41. The lowest BCUT2D eigenvalue weighted by molar-refractivity contribution is -0.167. The molecule has 1 unspecified atom stereocenters. The van der Waals surface area contributed by atoms with E-state index in [9.17, 15) is 14.4 Å². The SMILES string of the molecule is CC/C=C\C/C=C\C/C=C\CCCCCCCCCCCC(=O)OCC(COC(=O)CCCCCCCCC/C=C\C/C=C\CC)OC(=O)CCCCCCCC/C=C\C=C/CCCCC. The summed E-state index contributed by atoms with van der Waals surface area (Å²) in [4.78, 5) is 38.1. The minimum Gasteiger partial charge on any atom is -0.462 e. The number of esters is 3. The Morgan fingerprint density at radius 3 is 1.02 bits per heavy atom. The van der Waals surface area contributed by atoms with Crippen LogP contribution in [0, 0.1) is 0 Å². The smallest absolute Gasteiger partial charge is 0.306 e. The minimum absolute atomic E-state index is 0.0869. The molecule has 66 heavy (non-hydrogen) atoms. The Morgan fingerprint density at radius 2 is 0.636 bits per heavy atom. The highest BCUT2D eigenvalue weighted by atomic mass is 16.6. The van der Waals surface area contributed by atoms with Crippen molar-refractivity contribution in [3.05, 3.63) is 85.1 Å². The lowest BCUT2D eigenvalue weighted by Gasteiger charge is -2.18. The number of hydrogen-bond donors (Lipinski definition) is 0. The Balaban J connectivity index is 4.40. The second-order valence-corrected chi connectivity index (χ2v) is 18.1. The number of carbonyl (C=O) groups is 3. The van der Waals surface area contributed by atoms with Gasteiger partial charge in [-0.05, 0) is 103 Å². The predicted molar refractivity (Wildman–Crippen MR) is 284 cm³/mol. The molecule has 0 fully saturated rings. The summed E-state index contributed by atoms with van der Waals surface area (Å²) in [6, 6.07) is 0. The van der Waals surface area contributed by atoms with Crippen LogP contribution in [0.1, 0.15) is 258 Å². The number of hydrogen-bond acceptors (Lipinski definition) is 6. The summed E-state index contributed by atoms with van der Waals surface area (Å²) in [6.45, 7) is 6.38.